The lowest BCUT2D eigenvalue weighted by molar-refractivity contribution is 0.240. The number of rotatable bonds is 10. The minimum Gasteiger partial charge on any atom is -0.508 e. The summed E-state index contributed by atoms with van der Waals surface area (Å²) in [6.07, 6.45) is 0.734. The van der Waals surface area contributed by atoms with Crippen LogP contribution in [0.1, 0.15) is 30.0 Å². The van der Waals surface area contributed by atoms with Crippen LogP contribution in [-0.4, -0.2) is 49.0 Å². The van der Waals surface area contributed by atoms with Gasteiger partial charge in [0, 0.05) is 13.2 Å². The van der Waals surface area contributed by atoms with Crippen molar-refractivity contribution in [2.24, 2.45) is 5.92 Å². The second-order valence-electron chi connectivity index (χ2n) is 8.43. The second-order valence-corrected chi connectivity index (χ2v) is 8.43. The number of ether oxygens (including phenoxy) is 1. The van der Waals surface area contributed by atoms with Crippen LogP contribution in [0.3, 0.4) is 0 Å². The van der Waals surface area contributed by atoms with E-state index in [0.29, 0.717) is 6.61 Å². The average molecular weight is 432 g/mol. The lowest BCUT2D eigenvalue weighted by Crippen LogP contribution is -2.19. The van der Waals surface area contributed by atoms with Gasteiger partial charge in [-0.05, 0) is 78.5 Å². The van der Waals surface area contributed by atoms with E-state index in [1.54, 1.807) is 12.1 Å². The van der Waals surface area contributed by atoms with Crippen molar-refractivity contribution in [1.82, 2.24) is 4.90 Å². The van der Waals surface area contributed by atoms with E-state index in [9.17, 15) is 10.2 Å². The predicted octanol–water partition coefficient (Wildman–Crippen LogP) is 5.31. The number of hydrogen-bond donors (Lipinski definition) is 2. The quantitative estimate of drug-likeness (QED) is 0.427. The Bertz CT molecular complexity index is 993. The van der Waals surface area contributed by atoms with E-state index in [4.69, 9.17) is 4.74 Å². The molecular weight excluding hydrogens is 398 g/mol. The fourth-order valence-corrected chi connectivity index (χ4v) is 3.62. The molecule has 0 bridgehead atoms. The van der Waals surface area contributed by atoms with Crippen molar-refractivity contribution in [1.29, 1.82) is 0 Å². The summed E-state index contributed by atoms with van der Waals surface area (Å²) in [7, 11) is 4.05. The molecule has 3 rings (SSSR count). The number of benzene rings is 3. The summed E-state index contributed by atoms with van der Waals surface area (Å²) in [6.45, 7) is 3.67. The first-order valence-corrected chi connectivity index (χ1v) is 11.0. The van der Waals surface area contributed by atoms with Crippen LogP contribution in [0.25, 0.3) is 11.1 Å². The van der Waals surface area contributed by atoms with Gasteiger partial charge in [0.15, 0.2) is 0 Å². The Hall–Kier alpha value is -3.08. The normalized spacial score (nSPS) is 13.0. The summed E-state index contributed by atoms with van der Waals surface area (Å²) in [4.78, 5) is 2.09. The molecular formula is C28H33NO3. The van der Waals surface area contributed by atoms with Gasteiger partial charge in [-0.2, -0.15) is 0 Å². The number of phenols is 1. The minimum atomic E-state index is 0.117. The number of aliphatic hydroxyl groups excluding tert-OH is 1. The molecule has 168 valence electrons. The molecule has 1 atom stereocenters. The molecule has 4 heteroatoms. The van der Waals surface area contributed by atoms with Crippen LogP contribution in [0.15, 0.2) is 78.9 Å². The average Bonchev–Trinajstić information content (AvgIpc) is 2.81. The maximum atomic E-state index is 9.84. The van der Waals surface area contributed by atoms with Gasteiger partial charge in [-0.3, -0.25) is 0 Å². The van der Waals surface area contributed by atoms with Crippen LogP contribution < -0.4 is 4.74 Å². The standard InChI is InChI=1S/C28H33NO3/c1-21(20-30)19-27(22-7-5-4-6-8-22)28(23-9-13-25(31)14-10-23)24-11-15-26(16-12-24)32-18-17-29(2)3/h4-16,21,30-31H,17-20H2,1-3H3. The molecule has 2 N–H and O–H groups in total. The third kappa shape index (κ3) is 6.46. The largest absolute Gasteiger partial charge is 0.508 e. The fourth-order valence-electron chi connectivity index (χ4n) is 3.62. The molecule has 0 saturated heterocycles. The highest BCUT2D eigenvalue weighted by Gasteiger charge is 2.17. The van der Waals surface area contributed by atoms with Crippen LogP contribution >= 0.6 is 0 Å². The van der Waals surface area contributed by atoms with Crippen molar-refractivity contribution in [3.05, 3.63) is 95.6 Å². The number of likely N-dealkylation sites (N-methyl/N-ethyl adjacent to an activating group) is 1. The Morgan fingerprint density at radius 3 is 2.00 bits per heavy atom. The van der Waals surface area contributed by atoms with Crippen LogP contribution in [0.2, 0.25) is 0 Å². The summed E-state index contributed by atoms with van der Waals surface area (Å²) in [5.41, 5.74) is 5.48. The highest BCUT2D eigenvalue weighted by Crippen LogP contribution is 2.37. The maximum Gasteiger partial charge on any atom is 0.119 e. The Labute approximate surface area is 191 Å². The number of nitrogens with zero attached hydrogens (tertiary/aromatic N) is 1. The van der Waals surface area contributed by atoms with Gasteiger partial charge in [-0.15, -0.1) is 0 Å². The molecule has 3 aromatic rings. The molecule has 0 heterocycles. The Morgan fingerprint density at radius 1 is 0.844 bits per heavy atom. The molecule has 0 saturated carbocycles. The molecule has 3 aromatic carbocycles. The molecule has 0 aliphatic heterocycles. The summed E-state index contributed by atoms with van der Waals surface area (Å²) in [6, 6.07) is 25.8. The fraction of sp³-hybridized carbons (Fsp3) is 0.286. The van der Waals surface area contributed by atoms with Gasteiger partial charge in [-0.25, -0.2) is 0 Å². The number of hydrogen-bond acceptors (Lipinski definition) is 4. The molecule has 0 fully saturated rings. The molecule has 0 aromatic heterocycles. The zero-order valence-electron chi connectivity index (χ0n) is 19.2. The molecule has 1 unspecified atom stereocenters. The van der Waals surface area contributed by atoms with Crippen LogP contribution in [0.5, 0.6) is 11.5 Å². The van der Waals surface area contributed by atoms with E-state index in [0.717, 1.165) is 41.0 Å². The van der Waals surface area contributed by atoms with Crippen LogP contribution in [0.4, 0.5) is 0 Å². The first-order valence-electron chi connectivity index (χ1n) is 11.0. The Kier molecular flexibility index (Phi) is 8.48. The molecule has 0 spiro atoms. The van der Waals surface area contributed by atoms with E-state index >= 15 is 0 Å². The van der Waals surface area contributed by atoms with E-state index in [1.807, 2.05) is 56.6 Å². The highest BCUT2D eigenvalue weighted by atomic mass is 16.5. The zero-order chi connectivity index (χ0) is 22.9. The number of aromatic hydroxyl groups is 1. The summed E-state index contributed by atoms with van der Waals surface area (Å²) >= 11 is 0. The van der Waals surface area contributed by atoms with Gasteiger partial charge >= 0.3 is 0 Å². The lowest BCUT2D eigenvalue weighted by atomic mass is 9.85. The molecule has 4 nitrogen and oxygen atoms in total. The van der Waals surface area contributed by atoms with Crippen molar-refractivity contribution < 1.29 is 14.9 Å². The van der Waals surface area contributed by atoms with Gasteiger partial charge < -0.3 is 19.8 Å². The molecule has 0 radical (unpaired) electrons. The van der Waals surface area contributed by atoms with Gasteiger partial charge in [0.05, 0.1) is 0 Å². The summed E-state index contributed by atoms with van der Waals surface area (Å²) < 4.78 is 5.88. The van der Waals surface area contributed by atoms with Crippen molar-refractivity contribution in [3.63, 3.8) is 0 Å². The number of aliphatic hydroxyl groups is 1. The monoisotopic (exact) mass is 431 g/mol. The van der Waals surface area contributed by atoms with Gasteiger partial charge in [0.2, 0.25) is 0 Å². The second kappa shape index (κ2) is 11.5. The first-order chi connectivity index (χ1) is 15.5. The Morgan fingerprint density at radius 2 is 1.44 bits per heavy atom. The Balaban J connectivity index is 2.09. The topological polar surface area (TPSA) is 52.9 Å². The van der Waals surface area contributed by atoms with Crippen molar-refractivity contribution >= 4 is 11.1 Å². The van der Waals surface area contributed by atoms with Gasteiger partial charge in [-0.1, -0.05) is 61.5 Å². The maximum absolute atomic E-state index is 9.84. The predicted molar refractivity (Wildman–Crippen MR) is 132 cm³/mol. The smallest absolute Gasteiger partial charge is 0.119 e. The van der Waals surface area contributed by atoms with Crippen LogP contribution in [0, 0.1) is 5.92 Å². The van der Waals surface area contributed by atoms with Gasteiger partial charge in [0.25, 0.3) is 0 Å². The highest BCUT2D eigenvalue weighted by molar-refractivity contribution is 5.98. The van der Waals surface area contributed by atoms with Gasteiger partial charge in [0.1, 0.15) is 18.1 Å². The number of phenolic OH excluding ortho intramolecular Hbond substituents is 1. The zero-order valence-corrected chi connectivity index (χ0v) is 19.2. The van der Waals surface area contributed by atoms with E-state index in [-0.39, 0.29) is 18.3 Å². The third-order valence-electron chi connectivity index (χ3n) is 5.39. The van der Waals surface area contributed by atoms with E-state index in [2.05, 4.69) is 36.1 Å². The van der Waals surface area contributed by atoms with Crippen molar-refractivity contribution in [2.75, 3.05) is 33.9 Å². The minimum absolute atomic E-state index is 0.117. The van der Waals surface area contributed by atoms with Crippen LogP contribution in [-0.2, 0) is 0 Å². The van der Waals surface area contributed by atoms with Crippen molar-refractivity contribution in [2.45, 2.75) is 13.3 Å². The van der Waals surface area contributed by atoms with E-state index in [1.165, 1.54) is 5.57 Å². The SMILES string of the molecule is CC(CO)CC(=C(c1ccc(O)cc1)c1ccc(OCCN(C)C)cc1)c1ccccc1. The summed E-state index contributed by atoms with van der Waals surface area (Å²) in [5, 5.41) is 19.6. The molecule has 0 aliphatic rings. The molecule has 32 heavy (non-hydrogen) atoms. The third-order valence-corrected chi connectivity index (χ3v) is 5.39. The van der Waals surface area contributed by atoms with E-state index < -0.39 is 0 Å². The summed E-state index contributed by atoms with van der Waals surface area (Å²) in [5.74, 6) is 1.19. The van der Waals surface area contributed by atoms with Crippen molar-refractivity contribution in [3.8, 4) is 11.5 Å². The molecule has 0 aliphatic carbocycles. The molecule has 0 amide bonds. The lowest BCUT2D eigenvalue weighted by Gasteiger charge is -2.20. The first kappa shape index (κ1) is 23.6. The number of allylic oxidation sites excluding steroid dienone is 1.